The van der Waals surface area contributed by atoms with Gasteiger partial charge in [0.15, 0.2) is 0 Å². The van der Waals surface area contributed by atoms with E-state index in [1.54, 1.807) is 26.2 Å². The Morgan fingerprint density at radius 1 is 1.50 bits per heavy atom. The van der Waals surface area contributed by atoms with Crippen molar-refractivity contribution in [3.05, 3.63) is 34.2 Å². The number of aryl methyl sites for hydroxylation is 1. The number of aliphatic hydroxyl groups is 1. The lowest BCUT2D eigenvalue weighted by Gasteiger charge is -2.08. The van der Waals surface area contributed by atoms with Crippen molar-refractivity contribution in [2.24, 2.45) is 7.05 Å². The zero-order valence-electron chi connectivity index (χ0n) is 10.6. The predicted molar refractivity (Wildman–Crippen MR) is 68.6 cm³/mol. The maximum absolute atomic E-state index is 11.7. The van der Waals surface area contributed by atoms with E-state index in [0.29, 0.717) is 25.2 Å². The molecule has 1 unspecified atom stereocenters. The molecule has 0 fully saturated rings. The summed E-state index contributed by atoms with van der Waals surface area (Å²) in [4.78, 5) is 23.0. The number of carbonyl (C=O) groups is 1. The van der Waals surface area contributed by atoms with Gasteiger partial charge in [0, 0.05) is 44.5 Å². The minimum Gasteiger partial charge on any atom is -0.392 e. The monoisotopic (exact) mass is 253 g/mol. The van der Waals surface area contributed by atoms with Crippen LogP contribution < -0.4 is 16.2 Å². The van der Waals surface area contributed by atoms with Crippen molar-refractivity contribution < 1.29 is 9.90 Å². The van der Waals surface area contributed by atoms with Gasteiger partial charge in [-0.25, -0.2) is 0 Å². The number of nitrogens with zero attached hydrogens (tertiary/aromatic N) is 1. The third kappa shape index (κ3) is 4.68. The Bertz CT molecular complexity index is 454. The van der Waals surface area contributed by atoms with Crippen LogP contribution in [0.2, 0.25) is 0 Å². The Morgan fingerprint density at radius 2 is 2.22 bits per heavy atom. The minimum atomic E-state index is -0.405. The van der Waals surface area contributed by atoms with E-state index in [-0.39, 0.29) is 11.5 Å². The molecule has 1 heterocycles. The maximum Gasteiger partial charge on any atom is 0.251 e. The molecule has 3 N–H and O–H groups in total. The van der Waals surface area contributed by atoms with Crippen LogP contribution >= 0.6 is 0 Å². The molecule has 100 valence electrons. The summed E-state index contributed by atoms with van der Waals surface area (Å²) < 4.78 is 1.40. The number of carbonyl (C=O) groups excluding carboxylic acids is 1. The molecule has 0 radical (unpaired) electrons. The van der Waals surface area contributed by atoms with Crippen molar-refractivity contribution in [1.29, 1.82) is 0 Å². The first-order valence-electron chi connectivity index (χ1n) is 5.84. The van der Waals surface area contributed by atoms with Crippen LogP contribution in [0.15, 0.2) is 23.1 Å². The Hall–Kier alpha value is -1.66. The van der Waals surface area contributed by atoms with Gasteiger partial charge in [0.25, 0.3) is 11.5 Å². The number of rotatable bonds is 6. The Balaban J connectivity index is 2.36. The molecular weight excluding hydrogens is 234 g/mol. The highest BCUT2D eigenvalue weighted by molar-refractivity contribution is 5.93. The first kappa shape index (κ1) is 14.4. The summed E-state index contributed by atoms with van der Waals surface area (Å²) in [5.41, 5.74) is 0.142. The Labute approximate surface area is 106 Å². The van der Waals surface area contributed by atoms with Gasteiger partial charge in [-0.2, -0.15) is 0 Å². The molecule has 1 rings (SSSR count). The standard InChI is InChI=1S/C12H19N3O3/c1-9(16)8-13-4-5-14-12(18)10-3-6-15(2)11(17)7-10/h3,6-7,9,13,16H,4-5,8H2,1-2H3,(H,14,18). The molecule has 18 heavy (non-hydrogen) atoms. The molecule has 0 spiro atoms. The molecule has 6 heteroatoms. The Kier molecular flexibility index (Phi) is 5.54. The number of aliphatic hydroxyl groups excluding tert-OH is 1. The highest BCUT2D eigenvalue weighted by atomic mass is 16.3. The largest absolute Gasteiger partial charge is 0.392 e. The van der Waals surface area contributed by atoms with E-state index in [1.807, 2.05) is 0 Å². The van der Waals surface area contributed by atoms with Crippen molar-refractivity contribution in [1.82, 2.24) is 15.2 Å². The molecule has 1 aromatic rings. The van der Waals surface area contributed by atoms with Gasteiger partial charge >= 0.3 is 0 Å². The first-order valence-corrected chi connectivity index (χ1v) is 5.84. The molecule has 0 aliphatic carbocycles. The molecule has 1 aromatic heterocycles. The lowest BCUT2D eigenvalue weighted by Crippen LogP contribution is -2.35. The van der Waals surface area contributed by atoms with Crippen molar-refractivity contribution in [2.75, 3.05) is 19.6 Å². The van der Waals surface area contributed by atoms with Gasteiger partial charge in [-0.3, -0.25) is 9.59 Å². The van der Waals surface area contributed by atoms with Gasteiger partial charge in [0.1, 0.15) is 0 Å². The van der Waals surface area contributed by atoms with Crippen molar-refractivity contribution in [3.63, 3.8) is 0 Å². The highest BCUT2D eigenvalue weighted by Crippen LogP contribution is 1.93. The normalized spacial score (nSPS) is 12.2. The molecule has 0 aromatic carbocycles. The fourth-order valence-corrected chi connectivity index (χ4v) is 1.37. The molecule has 0 bridgehead atoms. The van der Waals surface area contributed by atoms with Crippen molar-refractivity contribution in [2.45, 2.75) is 13.0 Å². The van der Waals surface area contributed by atoms with Crippen LogP contribution in [0.4, 0.5) is 0 Å². The van der Waals surface area contributed by atoms with E-state index >= 15 is 0 Å². The fraction of sp³-hybridized carbons (Fsp3) is 0.500. The zero-order valence-corrected chi connectivity index (χ0v) is 10.6. The lowest BCUT2D eigenvalue weighted by molar-refractivity contribution is 0.0953. The molecule has 1 atom stereocenters. The van der Waals surface area contributed by atoms with E-state index < -0.39 is 6.10 Å². The average molecular weight is 253 g/mol. The van der Waals surface area contributed by atoms with E-state index in [0.717, 1.165) is 0 Å². The van der Waals surface area contributed by atoms with Gasteiger partial charge < -0.3 is 20.3 Å². The van der Waals surface area contributed by atoms with Crippen LogP contribution in [-0.4, -0.2) is 41.3 Å². The number of amides is 1. The van der Waals surface area contributed by atoms with Gasteiger partial charge in [-0.1, -0.05) is 0 Å². The smallest absolute Gasteiger partial charge is 0.251 e. The fourth-order valence-electron chi connectivity index (χ4n) is 1.37. The molecule has 0 aliphatic heterocycles. The third-order valence-electron chi connectivity index (χ3n) is 2.39. The van der Waals surface area contributed by atoms with E-state index in [2.05, 4.69) is 10.6 Å². The molecule has 0 saturated heterocycles. The summed E-state index contributed by atoms with van der Waals surface area (Å²) in [5.74, 6) is -0.272. The summed E-state index contributed by atoms with van der Waals surface area (Å²) >= 11 is 0. The topological polar surface area (TPSA) is 83.4 Å². The number of aromatic nitrogens is 1. The summed E-state index contributed by atoms with van der Waals surface area (Å²) in [6.45, 7) is 3.19. The number of pyridine rings is 1. The van der Waals surface area contributed by atoms with Gasteiger partial charge in [0.05, 0.1) is 6.10 Å². The zero-order chi connectivity index (χ0) is 13.5. The number of hydrogen-bond donors (Lipinski definition) is 3. The maximum atomic E-state index is 11.7. The molecular formula is C12H19N3O3. The summed E-state index contributed by atoms with van der Waals surface area (Å²) in [5, 5.41) is 14.7. The Morgan fingerprint density at radius 3 is 2.83 bits per heavy atom. The molecule has 1 amide bonds. The predicted octanol–water partition coefficient (Wildman–Crippen LogP) is -0.914. The average Bonchev–Trinajstić information content (AvgIpc) is 2.31. The van der Waals surface area contributed by atoms with Crippen molar-refractivity contribution >= 4 is 5.91 Å². The van der Waals surface area contributed by atoms with Gasteiger partial charge in [-0.15, -0.1) is 0 Å². The number of hydrogen-bond acceptors (Lipinski definition) is 4. The van der Waals surface area contributed by atoms with Crippen LogP contribution in [0.1, 0.15) is 17.3 Å². The van der Waals surface area contributed by atoms with Crippen LogP contribution in [0.5, 0.6) is 0 Å². The van der Waals surface area contributed by atoms with Crippen molar-refractivity contribution in [3.8, 4) is 0 Å². The van der Waals surface area contributed by atoms with E-state index in [1.165, 1.54) is 10.6 Å². The number of nitrogens with one attached hydrogen (secondary N) is 2. The van der Waals surface area contributed by atoms with E-state index in [9.17, 15) is 9.59 Å². The second-order valence-electron chi connectivity index (χ2n) is 4.17. The molecule has 6 nitrogen and oxygen atoms in total. The highest BCUT2D eigenvalue weighted by Gasteiger charge is 2.05. The van der Waals surface area contributed by atoms with E-state index in [4.69, 9.17) is 5.11 Å². The van der Waals surface area contributed by atoms with Crippen LogP contribution in [0.3, 0.4) is 0 Å². The second-order valence-corrected chi connectivity index (χ2v) is 4.17. The second kappa shape index (κ2) is 6.93. The lowest BCUT2D eigenvalue weighted by atomic mass is 10.2. The van der Waals surface area contributed by atoms with Crippen LogP contribution in [0.25, 0.3) is 0 Å². The van der Waals surface area contributed by atoms with Crippen LogP contribution in [-0.2, 0) is 7.05 Å². The summed E-state index contributed by atoms with van der Waals surface area (Å²) in [7, 11) is 1.63. The van der Waals surface area contributed by atoms with Gasteiger partial charge in [0.2, 0.25) is 0 Å². The minimum absolute atomic E-state index is 0.213. The summed E-state index contributed by atoms with van der Waals surface area (Å²) in [6, 6.07) is 2.90. The molecule has 0 aliphatic rings. The SMILES string of the molecule is CC(O)CNCCNC(=O)c1ccn(C)c(=O)c1. The van der Waals surface area contributed by atoms with Crippen LogP contribution in [0, 0.1) is 0 Å². The summed E-state index contributed by atoms with van der Waals surface area (Å²) in [6.07, 6.45) is 1.15. The quantitative estimate of drug-likeness (QED) is 0.573. The van der Waals surface area contributed by atoms with Gasteiger partial charge in [-0.05, 0) is 13.0 Å². The third-order valence-corrected chi connectivity index (χ3v) is 2.39. The first-order chi connectivity index (χ1) is 8.50. The molecule has 0 saturated carbocycles.